The number of carbonyl (C=O) groups excluding carboxylic acids is 1. The van der Waals surface area contributed by atoms with Crippen LogP contribution in [-0.4, -0.2) is 25.6 Å². The molecule has 0 N–H and O–H groups in total. The molecule has 5 aliphatic rings. The maximum absolute atomic E-state index is 12.5. The minimum absolute atomic E-state index is 0.0589. The molecule has 7 heteroatoms. The SMILES string of the molecule is COc1cc(C=C2N=C(C34CC5CC(CC(C5)C3)C4)OC2=O)ccc1OC(F)F. The van der Waals surface area contributed by atoms with E-state index in [4.69, 9.17) is 9.47 Å². The van der Waals surface area contributed by atoms with E-state index < -0.39 is 12.6 Å². The number of rotatable bonds is 5. The Morgan fingerprint density at radius 1 is 1.14 bits per heavy atom. The van der Waals surface area contributed by atoms with Gasteiger partial charge in [0.1, 0.15) is 0 Å². The summed E-state index contributed by atoms with van der Waals surface area (Å²) >= 11 is 0. The molecular formula is C22H23F2NO4. The fourth-order valence-corrected chi connectivity index (χ4v) is 6.13. The van der Waals surface area contributed by atoms with Gasteiger partial charge in [0, 0.05) is 5.41 Å². The fourth-order valence-electron chi connectivity index (χ4n) is 6.13. The second kappa shape index (κ2) is 6.82. The average molecular weight is 403 g/mol. The minimum Gasteiger partial charge on any atom is -0.493 e. The number of methoxy groups -OCH3 is 1. The number of ether oxygens (including phenoxy) is 3. The Morgan fingerprint density at radius 3 is 2.38 bits per heavy atom. The summed E-state index contributed by atoms with van der Waals surface area (Å²) in [7, 11) is 1.37. The topological polar surface area (TPSA) is 57.1 Å². The molecule has 154 valence electrons. The first-order valence-corrected chi connectivity index (χ1v) is 10.1. The Kier molecular flexibility index (Phi) is 4.37. The fraction of sp³-hybridized carbons (Fsp3) is 0.545. The standard InChI is InChI=1S/C22H23F2NO4/c1-27-18-8-12(2-3-17(18)28-21(23)24)7-16-19(26)29-20(25-16)22-9-13-4-14(10-22)6-15(5-13)11-22/h2-3,7-8,13-15,21H,4-6,9-11H2,1H3. The van der Waals surface area contributed by atoms with Gasteiger partial charge in [-0.1, -0.05) is 6.07 Å². The molecule has 0 radical (unpaired) electrons. The lowest BCUT2D eigenvalue weighted by molar-refractivity contribution is -0.131. The highest BCUT2D eigenvalue weighted by atomic mass is 19.3. The van der Waals surface area contributed by atoms with Crippen molar-refractivity contribution < 1.29 is 27.8 Å². The first-order valence-electron chi connectivity index (χ1n) is 10.1. The molecule has 4 fully saturated rings. The normalized spacial score (nSPS) is 33.9. The largest absolute Gasteiger partial charge is 0.493 e. The van der Waals surface area contributed by atoms with Crippen LogP contribution >= 0.6 is 0 Å². The quantitative estimate of drug-likeness (QED) is 0.523. The second-order valence-electron chi connectivity index (χ2n) is 8.82. The van der Waals surface area contributed by atoms with Crippen LogP contribution in [0.15, 0.2) is 28.9 Å². The van der Waals surface area contributed by atoms with Crippen LogP contribution in [0.4, 0.5) is 8.78 Å². The van der Waals surface area contributed by atoms with Gasteiger partial charge in [-0.3, -0.25) is 0 Å². The predicted octanol–water partition coefficient (Wildman–Crippen LogP) is 4.81. The van der Waals surface area contributed by atoms with E-state index in [2.05, 4.69) is 9.73 Å². The highest BCUT2D eigenvalue weighted by molar-refractivity contribution is 6.09. The molecule has 0 amide bonds. The van der Waals surface area contributed by atoms with Crippen molar-refractivity contribution in [1.29, 1.82) is 0 Å². The number of carbonyl (C=O) groups is 1. The number of alkyl halides is 2. The van der Waals surface area contributed by atoms with Crippen LogP contribution in [0.3, 0.4) is 0 Å². The molecule has 4 bridgehead atoms. The van der Waals surface area contributed by atoms with Gasteiger partial charge >= 0.3 is 12.6 Å². The summed E-state index contributed by atoms with van der Waals surface area (Å²) in [6, 6.07) is 4.51. The first-order chi connectivity index (χ1) is 13.9. The van der Waals surface area contributed by atoms with E-state index in [0.717, 1.165) is 37.0 Å². The molecule has 0 saturated heterocycles. The van der Waals surface area contributed by atoms with Crippen LogP contribution in [0, 0.1) is 23.2 Å². The van der Waals surface area contributed by atoms with Crippen molar-refractivity contribution >= 4 is 17.9 Å². The van der Waals surface area contributed by atoms with Gasteiger partial charge in [-0.05, 0) is 80.1 Å². The molecule has 5 nitrogen and oxygen atoms in total. The van der Waals surface area contributed by atoms with Gasteiger partial charge in [-0.25, -0.2) is 9.79 Å². The van der Waals surface area contributed by atoms with Crippen molar-refractivity contribution in [3.05, 3.63) is 29.5 Å². The summed E-state index contributed by atoms with van der Waals surface area (Å²) in [5.74, 6) is 2.40. The lowest BCUT2D eigenvalue weighted by Crippen LogP contribution is -2.50. The molecule has 1 heterocycles. The van der Waals surface area contributed by atoms with Crippen molar-refractivity contribution in [2.75, 3.05) is 7.11 Å². The number of halogens is 2. The summed E-state index contributed by atoms with van der Waals surface area (Å²) in [6.07, 6.45) is 8.69. The molecule has 29 heavy (non-hydrogen) atoms. The van der Waals surface area contributed by atoms with E-state index in [-0.39, 0.29) is 22.6 Å². The highest BCUT2D eigenvalue weighted by Crippen LogP contribution is 2.61. The number of nitrogens with zero attached hydrogens (tertiary/aromatic N) is 1. The maximum Gasteiger partial charge on any atom is 0.387 e. The second-order valence-corrected chi connectivity index (χ2v) is 8.82. The molecule has 1 aliphatic heterocycles. The van der Waals surface area contributed by atoms with Gasteiger partial charge in [-0.15, -0.1) is 0 Å². The van der Waals surface area contributed by atoms with Crippen molar-refractivity contribution in [2.45, 2.75) is 45.1 Å². The number of esters is 1. The summed E-state index contributed by atoms with van der Waals surface area (Å²) < 4.78 is 40.2. The van der Waals surface area contributed by atoms with Crippen LogP contribution in [0.2, 0.25) is 0 Å². The summed E-state index contributed by atoms with van der Waals surface area (Å²) in [5, 5.41) is 0. The maximum atomic E-state index is 12.5. The zero-order valence-electron chi connectivity index (χ0n) is 16.2. The van der Waals surface area contributed by atoms with Gasteiger partial charge < -0.3 is 14.2 Å². The predicted molar refractivity (Wildman–Crippen MR) is 102 cm³/mol. The highest BCUT2D eigenvalue weighted by Gasteiger charge is 2.55. The molecule has 0 spiro atoms. The van der Waals surface area contributed by atoms with Crippen LogP contribution in [0.5, 0.6) is 11.5 Å². The molecule has 1 aromatic carbocycles. The smallest absolute Gasteiger partial charge is 0.387 e. The van der Waals surface area contributed by atoms with E-state index in [1.807, 2.05) is 0 Å². The Labute approximate surface area is 167 Å². The monoisotopic (exact) mass is 403 g/mol. The van der Waals surface area contributed by atoms with Gasteiger partial charge in [0.15, 0.2) is 17.2 Å². The Morgan fingerprint density at radius 2 is 1.79 bits per heavy atom. The number of aliphatic imine (C=N–C) groups is 1. The third-order valence-corrected chi connectivity index (χ3v) is 6.82. The molecule has 0 aromatic heterocycles. The van der Waals surface area contributed by atoms with E-state index in [1.54, 1.807) is 12.1 Å². The van der Waals surface area contributed by atoms with Crippen molar-refractivity contribution in [3.63, 3.8) is 0 Å². The Bertz CT molecular complexity index is 873. The molecule has 4 saturated carbocycles. The third kappa shape index (κ3) is 3.30. The van der Waals surface area contributed by atoms with Gasteiger partial charge in [-0.2, -0.15) is 8.78 Å². The molecule has 1 aromatic rings. The lowest BCUT2D eigenvalue weighted by Gasteiger charge is -2.55. The number of hydrogen-bond acceptors (Lipinski definition) is 5. The number of hydrogen-bond donors (Lipinski definition) is 0. The minimum atomic E-state index is -2.94. The van der Waals surface area contributed by atoms with Gasteiger partial charge in [0.25, 0.3) is 0 Å². The van der Waals surface area contributed by atoms with Crippen LogP contribution < -0.4 is 9.47 Å². The molecule has 0 atom stereocenters. The zero-order chi connectivity index (χ0) is 20.2. The Hall–Kier alpha value is -2.44. The van der Waals surface area contributed by atoms with Gasteiger partial charge in [0.05, 0.1) is 7.11 Å². The van der Waals surface area contributed by atoms with Crippen molar-refractivity contribution in [2.24, 2.45) is 28.2 Å². The van der Waals surface area contributed by atoms with Crippen LogP contribution in [-0.2, 0) is 9.53 Å². The van der Waals surface area contributed by atoms with Gasteiger partial charge in [0.2, 0.25) is 5.90 Å². The van der Waals surface area contributed by atoms with E-state index >= 15 is 0 Å². The Balaban J connectivity index is 1.42. The number of cyclic esters (lactones) is 1. The number of benzene rings is 1. The van der Waals surface area contributed by atoms with E-state index in [9.17, 15) is 13.6 Å². The average Bonchev–Trinajstić information content (AvgIpc) is 3.03. The van der Waals surface area contributed by atoms with E-state index in [0.29, 0.717) is 11.5 Å². The molecule has 0 unspecified atom stereocenters. The summed E-state index contributed by atoms with van der Waals surface area (Å²) in [5.41, 5.74) is 0.749. The summed E-state index contributed by atoms with van der Waals surface area (Å²) in [6.45, 7) is -2.94. The lowest BCUT2D eigenvalue weighted by atomic mass is 9.49. The van der Waals surface area contributed by atoms with Crippen molar-refractivity contribution in [1.82, 2.24) is 0 Å². The van der Waals surface area contributed by atoms with Crippen molar-refractivity contribution in [3.8, 4) is 11.5 Å². The van der Waals surface area contributed by atoms with E-state index in [1.165, 1.54) is 38.5 Å². The van der Waals surface area contributed by atoms with Crippen LogP contribution in [0.1, 0.15) is 44.1 Å². The third-order valence-electron chi connectivity index (χ3n) is 6.82. The first kappa shape index (κ1) is 18.6. The molecule has 4 aliphatic carbocycles. The summed E-state index contributed by atoms with van der Waals surface area (Å²) in [4.78, 5) is 17.1. The zero-order valence-corrected chi connectivity index (χ0v) is 16.2. The molecular weight excluding hydrogens is 380 g/mol. The molecule has 6 rings (SSSR count). The van der Waals surface area contributed by atoms with Crippen LogP contribution in [0.25, 0.3) is 6.08 Å².